The van der Waals surface area contributed by atoms with E-state index in [0.717, 1.165) is 12.8 Å². The SMILES string of the molecule is CN(CC(=O)NC1CC1)C(=O)c1cncc(C#CCN)c1. The molecule has 1 aromatic heterocycles. The first-order chi connectivity index (χ1) is 10.1. The summed E-state index contributed by atoms with van der Waals surface area (Å²) in [5, 5.41) is 2.85. The van der Waals surface area contributed by atoms with E-state index in [4.69, 9.17) is 5.73 Å². The first kappa shape index (κ1) is 15.0. The van der Waals surface area contributed by atoms with Crippen molar-refractivity contribution >= 4 is 11.8 Å². The number of carbonyl (C=O) groups excluding carboxylic acids is 2. The summed E-state index contributed by atoms with van der Waals surface area (Å²) >= 11 is 0. The van der Waals surface area contributed by atoms with Crippen LogP contribution in [0.5, 0.6) is 0 Å². The molecule has 21 heavy (non-hydrogen) atoms. The number of nitrogens with two attached hydrogens (primary N) is 1. The lowest BCUT2D eigenvalue weighted by atomic mass is 10.2. The topological polar surface area (TPSA) is 88.3 Å². The van der Waals surface area contributed by atoms with Crippen LogP contribution in [0.4, 0.5) is 0 Å². The van der Waals surface area contributed by atoms with Crippen molar-refractivity contribution in [3.63, 3.8) is 0 Å². The molecule has 0 saturated heterocycles. The monoisotopic (exact) mass is 286 g/mol. The molecule has 1 aliphatic rings. The van der Waals surface area contributed by atoms with E-state index in [9.17, 15) is 9.59 Å². The van der Waals surface area contributed by atoms with Crippen molar-refractivity contribution in [3.05, 3.63) is 29.6 Å². The number of carbonyl (C=O) groups is 2. The molecule has 2 rings (SSSR count). The normalized spacial score (nSPS) is 13.0. The summed E-state index contributed by atoms with van der Waals surface area (Å²) in [6.45, 7) is 0.285. The van der Waals surface area contributed by atoms with Gasteiger partial charge in [-0.25, -0.2) is 0 Å². The average Bonchev–Trinajstić information content (AvgIpc) is 3.28. The lowest BCUT2D eigenvalue weighted by Crippen LogP contribution is -2.39. The van der Waals surface area contributed by atoms with Gasteiger partial charge in [-0.1, -0.05) is 11.8 Å². The Bertz CT molecular complexity index is 599. The van der Waals surface area contributed by atoms with E-state index >= 15 is 0 Å². The van der Waals surface area contributed by atoms with Crippen molar-refractivity contribution in [1.29, 1.82) is 0 Å². The summed E-state index contributed by atoms with van der Waals surface area (Å²) in [4.78, 5) is 29.3. The number of hydrogen-bond donors (Lipinski definition) is 2. The molecular formula is C15H18N4O2. The van der Waals surface area contributed by atoms with Crippen molar-refractivity contribution in [3.8, 4) is 11.8 Å². The zero-order valence-corrected chi connectivity index (χ0v) is 11.9. The third-order valence-corrected chi connectivity index (χ3v) is 2.99. The lowest BCUT2D eigenvalue weighted by molar-refractivity contribution is -0.121. The van der Waals surface area contributed by atoms with Gasteiger partial charge in [-0.2, -0.15) is 0 Å². The van der Waals surface area contributed by atoms with Crippen molar-refractivity contribution in [2.24, 2.45) is 5.73 Å². The molecule has 0 aromatic carbocycles. The number of amides is 2. The maximum Gasteiger partial charge on any atom is 0.255 e. The lowest BCUT2D eigenvalue weighted by Gasteiger charge is -2.16. The minimum Gasteiger partial charge on any atom is -0.352 e. The van der Waals surface area contributed by atoms with Crippen LogP contribution in [0, 0.1) is 11.8 Å². The van der Waals surface area contributed by atoms with Gasteiger partial charge in [-0.05, 0) is 18.9 Å². The van der Waals surface area contributed by atoms with Crippen LogP contribution in [0.2, 0.25) is 0 Å². The number of rotatable bonds is 4. The molecule has 0 unspecified atom stereocenters. The maximum absolute atomic E-state index is 12.2. The molecule has 2 amide bonds. The smallest absolute Gasteiger partial charge is 0.255 e. The van der Waals surface area contributed by atoms with E-state index < -0.39 is 0 Å². The average molecular weight is 286 g/mol. The Kier molecular flexibility index (Phi) is 4.90. The molecule has 1 heterocycles. The van der Waals surface area contributed by atoms with Gasteiger partial charge in [-0.3, -0.25) is 14.6 Å². The second-order valence-electron chi connectivity index (χ2n) is 4.97. The molecule has 6 heteroatoms. The Morgan fingerprint density at radius 3 is 2.90 bits per heavy atom. The van der Waals surface area contributed by atoms with Gasteiger partial charge in [-0.15, -0.1) is 0 Å². The Balaban J connectivity index is 1.99. The first-order valence-electron chi connectivity index (χ1n) is 6.79. The highest BCUT2D eigenvalue weighted by Crippen LogP contribution is 2.18. The summed E-state index contributed by atoms with van der Waals surface area (Å²) in [7, 11) is 1.59. The van der Waals surface area contributed by atoms with Crippen LogP contribution in [-0.4, -0.2) is 47.9 Å². The molecule has 0 bridgehead atoms. The van der Waals surface area contributed by atoms with E-state index in [2.05, 4.69) is 22.1 Å². The highest BCUT2D eigenvalue weighted by atomic mass is 16.2. The van der Waals surface area contributed by atoms with Crippen molar-refractivity contribution in [2.45, 2.75) is 18.9 Å². The standard InChI is InChI=1S/C15H18N4O2/c1-19(10-14(20)18-13-4-5-13)15(21)12-7-11(3-2-6-16)8-17-9-12/h7-9,13H,4-6,10,16H2,1H3,(H,18,20). The van der Waals surface area contributed by atoms with Gasteiger partial charge < -0.3 is 16.0 Å². The zero-order chi connectivity index (χ0) is 15.2. The summed E-state index contributed by atoms with van der Waals surface area (Å²) < 4.78 is 0. The van der Waals surface area contributed by atoms with Crippen LogP contribution in [0.3, 0.4) is 0 Å². The molecule has 1 saturated carbocycles. The number of hydrogen-bond acceptors (Lipinski definition) is 4. The zero-order valence-electron chi connectivity index (χ0n) is 11.9. The molecule has 1 fully saturated rings. The second-order valence-corrected chi connectivity index (χ2v) is 4.97. The van der Waals surface area contributed by atoms with E-state index in [1.807, 2.05) is 0 Å². The van der Waals surface area contributed by atoms with Gasteiger partial charge in [0, 0.05) is 31.0 Å². The van der Waals surface area contributed by atoms with Crippen LogP contribution >= 0.6 is 0 Å². The van der Waals surface area contributed by atoms with Crippen molar-refractivity contribution in [2.75, 3.05) is 20.1 Å². The van der Waals surface area contributed by atoms with E-state index in [0.29, 0.717) is 11.1 Å². The molecule has 110 valence electrons. The fourth-order valence-electron chi connectivity index (χ4n) is 1.79. The van der Waals surface area contributed by atoms with Crippen LogP contribution in [0.1, 0.15) is 28.8 Å². The predicted octanol–water partition coefficient (Wildman–Crippen LogP) is -0.258. The second kappa shape index (κ2) is 6.86. The Hall–Kier alpha value is -2.39. The van der Waals surface area contributed by atoms with E-state index in [-0.39, 0.29) is 30.9 Å². The quantitative estimate of drug-likeness (QED) is 0.747. The molecule has 1 aromatic rings. The van der Waals surface area contributed by atoms with Gasteiger partial charge in [0.1, 0.15) is 0 Å². The number of nitrogens with zero attached hydrogens (tertiary/aromatic N) is 2. The van der Waals surface area contributed by atoms with Crippen LogP contribution in [0.15, 0.2) is 18.5 Å². The molecule has 3 N–H and O–H groups in total. The number of nitrogens with one attached hydrogen (secondary N) is 1. The molecule has 1 aliphatic carbocycles. The van der Waals surface area contributed by atoms with Gasteiger partial charge in [0.05, 0.1) is 18.7 Å². The maximum atomic E-state index is 12.2. The highest BCUT2D eigenvalue weighted by Gasteiger charge is 2.24. The fraction of sp³-hybridized carbons (Fsp3) is 0.400. The van der Waals surface area contributed by atoms with Gasteiger partial charge in [0.2, 0.25) is 5.91 Å². The molecule has 0 aliphatic heterocycles. The Labute approximate surface area is 123 Å². The third-order valence-electron chi connectivity index (χ3n) is 2.99. The molecule has 6 nitrogen and oxygen atoms in total. The van der Waals surface area contributed by atoms with Crippen molar-refractivity contribution in [1.82, 2.24) is 15.2 Å². The van der Waals surface area contributed by atoms with Crippen molar-refractivity contribution < 1.29 is 9.59 Å². The predicted molar refractivity (Wildman–Crippen MR) is 78.3 cm³/mol. The first-order valence-corrected chi connectivity index (χ1v) is 6.79. The van der Waals surface area contributed by atoms with Gasteiger partial charge in [0.15, 0.2) is 0 Å². The highest BCUT2D eigenvalue weighted by molar-refractivity contribution is 5.96. The summed E-state index contributed by atoms with van der Waals surface area (Å²) in [6.07, 6.45) is 5.08. The van der Waals surface area contributed by atoms with Gasteiger partial charge >= 0.3 is 0 Å². The van der Waals surface area contributed by atoms with Crippen LogP contribution in [-0.2, 0) is 4.79 Å². The summed E-state index contributed by atoms with van der Waals surface area (Å²) in [5.41, 5.74) is 6.34. The van der Waals surface area contributed by atoms with E-state index in [1.165, 1.54) is 11.1 Å². The summed E-state index contributed by atoms with van der Waals surface area (Å²) in [6, 6.07) is 1.94. The van der Waals surface area contributed by atoms with E-state index in [1.54, 1.807) is 19.3 Å². The summed E-state index contributed by atoms with van der Waals surface area (Å²) in [5.74, 6) is 5.14. The molecule has 0 radical (unpaired) electrons. The molecular weight excluding hydrogens is 268 g/mol. The molecule has 0 atom stereocenters. The largest absolute Gasteiger partial charge is 0.352 e. The fourth-order valence-corrected chi connectivity index (χ4v) is 1.79. The third kappa shape index (κ3) is 4.58. The van der Waals surface area contributed by atoms with Crippen LogP contribution in [0.25, 0.3) is 0 Å². The minimum absolute atomic E-state index is 0.0358. The van der Waals surface area contributed by atoms with Gasteiger partial charge in [0.25, 0.3) is 5.91 Å². The number of likely N-dealkylation sites (N-methyl/N-ethyl adjacent to an activating group) is 1. The van der Waals surface area contributed by atoms with Crippen LogP contribution < -0.4 is 11.1 Å². The Morgan fingerprint density at radius 2 is 2.24 bits per heavy atom. The number of pyridine rings is 1. The Morgan fingerprint density at radius 1 is 1.48 bits per heavy atom. The number of aromatic nitrogens is 1. The molecule has 0 spiro atoms. The minimum atomic E-state index is -0.259.